The molecule has 1 saturated carbocycles. The van der Waals surface area contributed by atoms with Gasteiger partial charge in [-0.25, -0.2) is 0 Å². The number of phenolic OH excluding ortho intramolecular Hbond substituents is 1. The molecule has 1 aromatic heterocycles. The van der Waals surface area contributed by atoms with Crippen molar-refractivity contribution in [3.63, 3.8) is 0 Å². The van der Waals surface area contributed by atoms with E-state index in [4.69, 9.17) is 0 Å². The van der Waals surface area contributed by atoms with E-state index in [1.54, 1.807) is 23.5 Å². The lowest BCUT2D eigenvalue weighted by atomic mass is 9.89. The predicted octanol–water partition coefficient (Wildman–Crippen LogP) is 4.36. The van der Waals surface area contributed by atoms with Crippen LogP contribution in [0, 0.1) is 11.8 Å². The van der Waals surface area contributed by atoms with Gasteiger partial charge >= 0.3 is 0 Å². The maximum Gasteiger partial charge on any atom is 0.167 e. The predicted molar refractivity (Wildman–Crippen MR) is 85.1 cm³/mol. The van der Waals surface area contributed by atoms with Crippen LogP contribution in [0.15, 0.2) is 41.1 Å². The van der Waals surface area contributed by atoms with Crippen molar-refractivity contribution in [1.82, 2.24) is 0 Å². The van der Waals surface area contributed by atoms with Gasteiger partial charge in [0.25, 0.3) is 0 Å². The fraction of sp³-hybridized carbons (Fsp3) is 0.278. The fourth-order valence-corrected chi connectivity index (χ4v) is 4.47. The topological polar surface area (TPSA) is 37.3 Å². The Kier molecular flexibility index (Phi) is 2.96. The highest BCUT2D eigenvalue weighted by Gasteiger charge is 2.44. The number of rotatable bonds is 2. The number of carbonyl (C=O) groups is 1. The third kappa shape index (κ3) is 1.95. The fourth-order valence-electron chi connectivity index (χ4n) is 3.83. The lowest BCUT2D eigenvalue weighted by Gasteiger charge is -2.14. The second-order valence-electron chi connectivity index (χ2n) is 5.86. The molecular weight excluding hydrogens is 280 g/mol. The van der Waals surface area contributed by atoms with E-state index >= 15 is 0 Å². The molecule has 1 aromatic carbocycles. The van der Waals surface area contributed by atoms with Gasteiger partial charge in [-0.1, -0.05) is 18.6 Å². The van der Waals surface area contributed by atoms with E-state index in [1.807, 2.05) is 23.6 Å². The maximum atomic E-state index is 12.8. The number of phenols is 1. The van der Waals surface area contributed by atoms with Gasteiger partial charge in [-0.3, -0.25) is 4.79 Å². The Hall–Kier alpha value is -1.87. The average molecular weight is 296 g/mol. The van der Waals surface area contributed by atoms with Gasteiger partial charge in [-0.2, -0.15) is 11.3 Å². The van der Waals surface area contributed by atoms with Gasteiger partial charge in [0.2, 0.25) is 0 Å². The van der Waals surface area contributed by atoms with Gasteiger partial charge in [-0.05, 0) is 64.4 Å². The molecule has 0 saturated heterocycles. The average Bonchev–Trinajstić information content (AvgIpc) is 3.19. The standard InChI is InChI=1S/C18H16O2S/c19-13-6-4-11(5-7-13)16-14-2-1-3-15(14)18(20)17(16)12-8-9-21-10-12/h4-10,14-15,19H,1-3H2. The van der Waals surface area contributed by atoms with Crippen LogP contribution < -0.4 is 0 Å². The molecule has 2 nitrogen and oxygen atoms in total. The molecule has 1 fully saturated rings. The SMILES string of the molecule is O=C1C(c2ccsc2)=C(c2ccc(O)cc2)C2CCCC12. The normalized spacial score (nSPS) is 24.7. The minimum atomic E-state index is 0.170. The molecule has 106 valence electrons. The second-order valence-corrected chi connectivity index (χ2v) is 6.64. The molecule has 0 spiro atoms. The Labute approximate surface area is 127 Å². The van der Waals surface area contributed by atoms with E-state index < -0.39 is 0 Å². The van der Waals surface area contributed by atoms with Crippen molar-refractivity contribution in [2.75, 3.05) is 0 Å². The number of aromatic hydroxyl groups is 1. The zero-order valence-corrected chi connectivity index (χ0v) is 12.4. The van der Waals surface area contributed by atoms with E-state index in [2.05, 4.69) is 5.38 Å². The molecule has 2 atom stereocenters. The molecule has 2 aliphatic carbocycles. The Morgan fingerprint density at radius 3 is 2.48 bits per heavy atom. The molecule has 0 aliphatic heterocycles. The minimum absolute atomic E-state index is 0.170. The van der Waals surface area contributed by atoms with E-state index in [-0.39, 0.29) is 11.7 Å². The van der Waals surface area contributed by atoms with Gasteiger partial charge < -0.3 is 5.11 Å². The molecule has 0 bridgehead atoms. The summed E-state index contributed by atoms with van der Waals surface area (Å²) in [6.07, 6.45) is 3.25. The van der Waals surface area contributed by atoms with Crippen LogP contribution >= 0.6 is 11.3 Å². The summed E-state index contributed by atoms with van der Waals surface area (Å²) < 4.78 is 0. The summed E-state index contributed by atoms with van der Waals surface area (Å²) in [4.78, 5) is 12.8. The second kappa shape index (κ2) is 4.85. The highest BCUT2D eigenvalue weighted by atomic mass is 32.1. The number of ketones is 1. The summed E-state index contributed by atoms with van der Waals surface area (Å²) in [6, 6.07) is 9.33. The quantitative estimate of drug-likeness (QED) is 0.894. The molecule has 2 aliphatic rings. The Balaban J connectivity index is 1.92. The summed E-state index contributed by atoms with van der Waals surface area (Å²) >= 11 is 1.63. The lowest BCUT2D eigenvalue weighted by molar-refractivity contribution is -0.117. The Morgan fingerprint density at radius 1 is 1.00 bits per heavy atom. The molecular formula is C18H16O2S. The molecule has 0 radical (unpaired) electrons. The van der Waals surface area contributed by atoms with E-state index in [0.717, 1.165) is 36.0 Å². The zero-order chi connectivity index (χ0) is 14.4. The van der Waals surface area contributed by atoms with Crippen LogP contribution in [0.1, 0.15) is 30.4 Å². The van der Waals surface area contributed by atoms with Gasteiger partial charge in [-0.15, -0.1) is 0 Å². The van der Waals surface area contributed by atoms with Crippen molar-refractivity contribution in [3.05, 3.63) is 52.2 Å². The van der Waals surface area contributed by atoms with Crippen molar-refractivity contribution < 1.29 is 9.90 Å². The summed E-state index contributed by atoms with van der Waals surface area (Å²) in [7, 11) is 0. The minimum Gasteiger partial charge on any atom is -0.508 e. The third-order valence-corrected chi connectivity index (χ3v) is 5.41. The zero-order valence-electron chi connectivity index (χ0n) is 11.6. The molecule has 2 aromatic rings. The number of fused-ring (bicyclic) bond motifs is 1. The molecule has 2 unspecified atom stereocenters. The largest absolute Gasteiger partial charge is 0.508 e. The number of hydrogen-bond acceptors (Lipinski definition) is 3. The van der Waals surface area contributed by atoms with Gasteiger partial charge in [0, 0.05) is 11.5 Å². The van der Waals surface area contributed by atoms with E-state index in [0.29, 0.717) is 11.7 Å². The van der Waals surface area contributed by atoms with Gasteiger partial charge in [0.1, 0.15) is 5.75 Å². The lowest BCUT2D eigenvalue weighted by Crippen LogP contribution is -2.11. The number of hydrogen-bond donors (Lipinski definition) is 1. The first-order valence-corrected chi connectivity index (χ1v) is 8.30. The number of benzene rings is 1. The molecule has 21 heavy (non-hydrogen) atoms. The van der Waals surface area contributed by atoms with Crippen LogP contribution in [-0.4, -0.2) is 10.9 Å². The van der Waals surface area contributed by atoms with Crippen molar-refractivity contribution in [2.45, 2.75) is 19.3 Å². The summed E-state index contributed by atoms with van der Waals surface area (Å²) in [6.45, 7) is 0. The summed E-state index contributed by atoms with van der Waals surface area (Å²) in [5.74, 6) is 1.11. The van der Waals surface area contributed by atoms with E-state index in [9.17, 15) is 9.90 Å². The highest BCUT2D eigenvalue weighted by molar-refractivity contribution is 7.08. The van der Waals surface area contributed by atoms with Crippen LogP contribution in [0.25, 0.3) is 11.1 Å². The van der Waals surface area contributed by atoms with Crippen LogP contribution in [0.2, 0.25) is 0 Å². The van der Waals surface area contributed by atoms with Crippen molar-refractivity contribution >= 4 is 28.3 Å². The monoisotopic (exact) mass is 296 g/mol. The number of allylic oxidation sites excluding steroid dienone is 2. The van der Waals surface area contributed by atoms with Crippen LogP contribution in [0.3, 0.4) is 0 Å². The molecule has 1 N–H and O–H groups in total. The molecule has 3 heteroatoms. The third-order valence-electron chi connectivity index (χ3n) is 4.73. The molecule has 1 heterocycles. The maximum absolute atomic E-state index is 12.8. The molecule has 4 rings (SSSR count). The summed E-state index contributed by atoms with van der Waals surface area (Å²) in [5, 5.41) is 13.6. The molecule has 0 amide bonds. The summed E-state index contributed by atoms with van der Waals surface area (Å²) in [5.41, 5.74) is 4.25. The van der Waals surface area contributed by atoms with Gasteiger partial charge in [0.15, 0.2) is 5.78 Å². The first-order valence-electron chi connectivity index (χ1n) is 7.36. The van der Waals surface area contributed by atoms with Crippen LogP contribution in [0.5, 0.6) is 5.75 Å². The smallest absolute Gasteiger partial charge is 0.167 e. The number of Topliss-reactive ketones (excluding diaryl/α,β-unsaturated/α-hetero) is 1. The van der Waals surface area contributed by atoms with Crippen LogP contribution in [0.4, 0.5) is 0 Å². The highest BCUT2D eigenvalue weighted by Crippen LogP contribution is 2.52. The number of thiophene rings is 1. The number of carbonyl (C=O) groups excluding carboxylic acids is 1. The first kappa shape index (κ1) is 12.8. The Bertz CT molecular complexity index is 710. The first-order chi connectivity index (χ1) is 10.3. The van der Waals surface area contributed by atoms with E-state index in [1.165, 1.54) is 5.57 Å². The van der Waals surface area contributed by atoms with Crippen molar-refractivity contribution in [1.29, 1.82) is 0 Å². The van der Waals surface area contributed by atoms with Crippen molar-refractivity contribution in [3.8, 4) is 5.75 Å². The van der Waals surface area contributed by atoms with Gasteiger partial charge in [0.05, 0.1) is 0 Å². The van der Waals surface area contributed by atoms with Crippen LogP contribution in [-0.2, 0) is 4.79 Å². The Morgan fingerprint density at radius 2 is 1.76 bits per heavy atom. The van der Waals surface area contributed by atoms with Crippen molar-refractivity contribution in [2.24, 2.45) is 11.8 Å².